The molecule has 3 unspecified atom stereocenters. The second-order valence-corrected chi connectivity index (χ2v) is 7.86. The van der Waals surface area contributed by atoms with Crippen LogP contribution < -0.4 is 5.32 Å². The van der Waals surface area contributed by atoms with E-state index in [0.717, 1.165) is 44.4 Å². The second kappa shape index (κ2) is 7.98. The van der Waals surface area contributed by atoms with E-state index in [1.807, 2.05) is 0 Å². The molecule has 3 fully saturated rings. The van der Waals surface area contributed by atoms with Crippen molar-refractivity contribution in [3.05, 3.63) is 0 Å². The standard InChI is InChI=1S/C19H35N3O/c1-3-21(4-2)14-15-9-11-22(12-10-15)19(23)18-13-16-7-5-6-8-17(16)20-18/h15-18,20H,3-14H2,1-2H3. The van der Waals surface area contributed by atoms with E-state index in [9.17, 15) is 4.79 Å². The molecular weight excluding hydrogens is 286 g/mol. The van der Waals surface area contributed by atoms with Crippen molar-refractivity contribution >= 4 is 5.91 Å². The third kappa shape index (κ3) is 4.08. The Hall–Kier alpha value is -0.610. The lowest BCUT2D eigenvalue weighted by molar-refractivity contribution is -0.134. The van der Waals surface area contributed by atoms with Crippen molar-refractivity contribution in [2.24, 2.45) is 11.8 Å². The Morgan fingerprint density at radius 1 is 1.09 bits per heavy atom. The Labute approximate surface area is 142 Å². The molecule has 0 aromatic carbocycles. The highest BCUT2D eigenvalue weighted by atomic mass is 16.2. The molecule has 0 bridgehead atoms. The van der Waals surface area contributed by atoms with Crippen molar-refractivity contribution in [1.82, 2.24) is 15.1 Å². The zero-order valence-corrected chi connectivity index (χ0v) is 15.1. The number of carbonyl (C=O) groups is 1. The van der Waals surface area contributed by atoms with Crippen LogP contribution in [-0.2, 0) is 4.79 Å². The first-order chi connectivity index (χ1) is 11.2. The van der Waals surface area contributed by atoms with Crippen LogP contribution in [0.3, 0.4) is 0 Å². The van der Waals surface area contributed by atoms with Crippen LogP contribution in [0, 0.1) is 11.8 Å². The Kier molecular flexibility index (Phi) is 5.97. The summed E-state index contributed by atoms with van der Waals surface area (Å²) in [5.74, 6) is 1.93. The molecule has 3 atom stereocenters. The molecular formula is C19H35N3O. The van der Waals surface area contributed by atoms with Crippen LogP contribution in [0.5, 0.6) is 0 Å². The largest absolute Gasteiger partial charge is 0.341 e. The van der Waals surface area contributed by atoms with Crippen LogP contribution in [0.4, 0.5) is 0 Å². The normalized spacial score (nSPS) is 32.3. The highest BCUT2D eigenvalue weighted by Crippen LogP contribution is 2.34. The number of fused-ring (bicyclic) bond motifs is 1. The summed E-state index contributed by atoms with van der Waals surface area (Å²) >= 11 is 0. The summed E-state index contributed by atoms with van der Waals surface area (Å²) in [5.41, 5.74) is 0. The summed E-state index contributed by atoms with van der Waals surface area (Å²) in [6.07, 6.45) is 8.76. The van der Waals surface area contributed by atoms with Gasteiger partial charge in [0.15, 0.2) is 0 Å². The van der Waals surface area contributed by atoms with Gasteiger partial charge in [0.1, 0.15) is 0 Å². The molecule has 1 aliphatic carbocycles. The van der Waals surface area contributed by atoms with Crippen LogP contribution >= 0.6 is 0 Å². The Bertz CT molecular complexity index is 374. The first-order valence-electron chi connectivity index (χ1n) is 9.98. The van der Waals surface area contributed by atoms with Gasteiger partial charge in [-0.3, -0.25) is 4.79 Å². The Morgan fingerprint density at radius 3 is 2.43 bits per heavy atom. The van der Waals surface area contributed by atoms with Gasteiger partial charge in [-0.25, -0.2) is 0 Å². The first kappa shape index (κ1) is 17.2. The van der Waals surface area contributed by atoms with Gasteiger partial charge in [-0.2, -0.15) is 0 Å². The molecule has 0 aromatic heterocycles. The quantitative estimate of drug-likeness (QED) is 0.845. The molecule has 2 aliphatic heterocycles. The number of rotatable bonds is 5. The highest BCUT2D eigenvalue weighted by Gasteiger charge is 2.40. The minimum absolute atomic E-state index is 0.113. The zero-order valence-electron chi connectivity index (χ0n) is 15.1. The lowest BCUT2D eigenvalue weighted by Crippen LogP contribution is -2.49. The van der Waals surface area contributed by atoms with Gasteiger partial charge < -0.3 is 15.1 Å². The molecule has 1 N–H and O–H groups in total. The summed E-state index contributed by atoms with van der Waals surface area (Å²) in [6.45, 7) is 9.92. The van der Waals surface area contributed by atoms with Gasteiger partial charge in [0.25, 0.3) is 0 Å². The van der Waals surface area contributed by atoms with Gasteiger partial charge in [-0.05, 0) is 57.0 Å². The maximum Gasteiger partial charge on any atom is 0.239 e. The fourth-order valence-electron chi connectivity index (χ4n) is 4.91. The molecule has 132 valence electrons. The van der Waals surface area contributed by atoms with E-state index in [4.69, 9.17) is 0 Å². The number of carbonyl (C=O) groups excluding carboxylic acids is 1. The predicted molar refractivity (Wildman–Crippen MR) is 94.4 cm³/mol. The van der Waals surface area contributed by atoms with Crippen LogP contribution in [0.2, 0.25) is 0 Å². The SMILES string of the molecule is CCN(CC)CC1CCN(C(=O)C2CC3CCCCC3N2)CC1. The third-order valence-electron chi connectivity index (χ3n) is 6.50. The molecule has 0 spiro atoms. The van der Waals surface area contributed by atoms with Crippen molar-refractivity contribution in [3.63, 3.8) is 0 Å². The molecule has 0 aromatic rings. The summed E-state index contributed by atoms with van der Waals surface area (Å²) in [6, 6.07) is 0.736. The minimum atomic E-state index is 0.113. The zero-order chi connectivity index (χ0) is 16.2. The van der Waals surface area contributed by atoms with Crippen LogP contribution in [0.1, 0.15) is 58.8 Å². The van der Waals surface area contributed by atoms with E-state index < -0.39 is 0 Å². The average molecular weight is 322 g/mol. The average Bonchev–Trinajstić information content (AvgIpc) is 3.03. The molecule has 4 nitrogen and oxygen atoms in total. The molecule has 23 heavy (non-hydrogen) atoms. The number of nitrogens with one attached hydrogen (secondary N) is 1. The topological polar surface area (TPSA) is 35.6 Å². The molecule has 3 aliphatic rings. The molecule has 1 saturated carbocycles. The maximum absolute atomic E-state index is 12.8. The molecule has 1 amide bonds. The van der Waals surface area contributed by atoms with Crippen LogP contribution in [0.25, 0.3) is 0 Å². The molecule has 2 saturated heterocycles. The molecule has 0 radical (unpaired) electrons. The maximum atomic E-state index is 12.8. The van der Waals surface area contributed by atoms with Gasteiger partial charge in [-0.15, -0.1) is 0 Å². The van der Waals surface area contributed by atoms with E-state index in [1.54, 1.807) is 0 Å². The predicted octanol–water partition coefficient (Wildman–Crippen LogP) is 2.49. The summed E-state index contributed by atoms with van der Waals surface area (Å²) < 4.78 is 0. The molecule has 4 heteroatoms. The number of hydrogen-bond acceptors (Lipinski definition) is 3. The minimum Gasteiger partial charge on any atom is -0.341 e. The number of hydrogen-bond donors (Lipinski definition) is 1. The number of piperidine rings is 1. The van der Waals surface area contributed by atoms with E-state index in [1.165, 1.54) is 45.1 Å². The van der Waals surface area contributed by atoms with Crippen molar-refractivity contribution in [2.75, 3.05) is 32.7 Å². The van der Waals surface area contributed by atoms with Crippen molar-refractivity contribution in [2.45, 2.75) is 70.9 Å². The third-order valence-corrected chi connectivity index (χ3v) is 6.50. The monoisotopic (exact) mass is 321 g/mol. The van der Waals surface area contributed by atoms with Crippen LogP contribution in [-0.4, -0.2) is 60.5 Å². The van der Waals surface area contributed by atoms with Crippen molar-refractivity contribution in [1.29, 1.82) is 0 Å². The van der Waals surface area contributed by atoms with Gasteiger partial charge in [0, 0.05) is 25.7 Å². The Morgan fingerprint density at radius 2 is 1.78 bits per heavy atom. The second-order valence-electron chi connectivity index (χ2n) is 7.86. The van der Waals surface area contributed by atoms with Gasteiger partial charge in [-0.1, -0.05) is 26.7 Å². The Balaban J connectivity index is 1.45. The van der Waals surface area contributed by atoms with Gasteiger partial charge >= 0.3 is 0 Å². The number of nitrogens with zero attached hydrogens (tertiary/aromatic N) is 2. The van der Waals surface area contributed by atoms with E-state index >= 15 is 0 Å². The van der Waals surface area contributed by atoms with E-state index in [0.29, 0.717) is 11.9 Å². The van der Waals surface area contributed by atoms with E-state index in [-0.39, 0.29) is 6.04 Å². The fourth-order valence-corrected chi connectivity index (χ4v) is 4.91. The fraction of sp³-hybridized carbons (Fsp3) is 0.947. The van der Waals surface area contributed by atoms with E-state index in [2.05, 4.69) is 29.0 Å². The van der Waals surface area contributed by atoms with Crippen LogP contribution in [0.15, 0.2) is 0 Å². The number of amides is 1. The van der Waals surface area contributed by atoms with Gasteiger partial charge in [0.05, 0.1) is 6.04 Å². The lowest BCUT2D eigenvalue weighted by atomic mass is 9.85. The highest BCUT2D eigenvalue weighted by molar-refractivity contribution is 5.82. The lowest BCUT2D eigenvalue weighted by Gasteiger charge is -2.35. The smallest absolute Gasteiger partial charge is 0.239 e. The first-order valence-corrected chi connectivity index (χ1v) is 9.98. The number of likely N-dealkylation sites (tertiary alicyclic amines) is 1. The summed E-state index contributed by atoms with van der Waals surface area (Å²) in [7, 11) is 0. The molecule has 2 heterocycles. The van der Waals surface area contributed by atoms with Gasteiger partial charge in [0.2, 0.25) is 5.91 Å². The summed E-state index contributed by atoms with van der Waals surface area (Å²) in [5, 5.41) is 3.65. The van der Waals surface area contributed by atoms with Crippen molar-refractivity contribution < 1.29 is 4.79 Å². The summed E-state index contributed by atoms with van der Waals surface area (Å²) in [4.78, 5) is 17.5. The molecule has 3 rings (SSSR count). The van der Waals surface area contributed by atoms with Crippen molar-refractivity contribution in [3.8, 4) is 0 Å².